The number of hydrogen-bond donors (Lipinski definition) is 1. The van der Waals surface area contributed by atoms with Crippen molar-refractivity contribution >= 4 is 0 Å². The number of rotatable bonds is 3. The molecule has 0 amide bonds. The van der Waals surface area contributed by atoms with Gasteiger partial charge in [-0.15, -0.1) is 0 Å². The summed E-state index contributed by atoms with van der Waals surface area (Å²) in [6, 6.07) is 13.4. The second-order valence-corrected chi connectivity index (χ2v) is 4.69. The van der Waals surface area contributed by atoms with Crippen LogP contribution in [0.2, 0.25) is 0 Å². The summed E-state index contributed by atoms with van der Waals surface area (Å²) in [5.74, 6) is 1.18. The molecule has 0 saturated carbocycles. The first-order valence-corrected chi connectivity index (χ1v) is 6.13. The lowest BCUT2D eigenvalue weighted by Gasteiger charge is -2.11. The van der Waals surface area contributed by atoms with Gasteiger partial charge in [-0.05, 0) is 61.7 Å². The maximum atomic E-state index is 9.41. The molecule has 0 aliphatic heterocycles. The van der Waals surface area contributed by atoms with E-state index in [4.69, 9.17) is 4.74 Å². The zero-order valence-corrected chi connectivity index (χ0v) is 11.0. The largest absolute Gasteiger partial charge is 0.508 e. The van der Waals surface area contributed by atoms with Crippen LogP contribution in [-0.4, -0.2) is 11.2 Å². The molecule has 94 valence electrons. The van der Waals surface area contributed by atoms with Crippen molar-refractivity contribution < 1.29 is 9.84 Å². The van der Waals surface area contributed by atoms with E-state index in [1.54, 1.807) is 12.1 Å². The maximum Gasteiger partial charge on any atom is 0.119 e. The fraction of sp³-hybridized carbons (Fsp3) is 0.250. The third kappa shape index (κ3) is 2.83. The van der Waals surface area contributed by atoms with Crippen molar-refractivity contribution in [3.63, 3.8) is 0 Å². The fourth-order valence-corrected chi connectivity index (χ4v) is 1.96. The molecule has 0 atom stereocenters. The highest BCUT2D eigenvalue weighted by molar-refractivity contribution is 5.68. The quantitative estimate of drug-likeness (QED) is 0.876. The Kier molecular flexibility index (Phi) is 3.56. The monoisotopic (exact) mass is 242 g/mol. The lowest BCUT2D eigenvalue weighted by molar-refractivity contribution is 0.242. The van der Waals surface area contributed by atoms with Crippen LogP contribution in [0.5, 0.6) is 11.5 Å². The van der Waals surface area contributed by atoms with E-state index < -0.39 is 0 Å². The summed E-state index contributed by atoms with van der Waals surface area (Å²) in [6.07, 6.45) is 0.186. The first kappa shape index (κ1) is 12.5. The van der Waals surface area contributed by atoms with Gasteiger partial charge in [0, 0.05) is 0 Å². The Morgan fingerprint density at radius 2 is 1.67 bits per heavy atom. The van der Waals surface area contributed by atoms with E-state index in [2.05, 4.69) is 0 Å². The number of phenols is 1. The minimum absolute atomic E-state index is 0.186. The van der Waals surface area contributed by atoms with E-state index in [0.717, 1.165) is 22.4 Å². The SMILES string of the molecule is Cc1cc(O)ccc1-c1ccc(OC(C)C)cc1. The van der Waals surface area contributed by atoms with Crippen LogP contribution < -0.4 is 4.74 Å². The number of phenolic OH excluding ortho intramolecular Hbond substituents is 1. The van der Waals surface area contributed by atoms with E-state index in [-0.39, 0.29) is 6.10 Å². The van der Waals surface area contributed by atoms with Gasteiger partial charge in [-0.1, -0.05) is 18.2 Å². The maximum absolute atomic E-state index is 9.41. The summed E-state index contributed by atoms with van der Waals surface area (Å²) in [4.78, 5) is 0. The second-order valence-electron chi connectivity index (χ2n) is 4.69. The molecule has 0 spiro atoms. The molecule has 1 N–H and O–H groups in total. The van der Waals surface area contributed by atoms with Crippen LogP contribution >= 0.6 is 0 Å². The molecule has 2 nitrogen and oxygen atoms in total. The highest BCUT2D eigenvalue weighted by Gasteiger charge is 2.04. The first-order valence-electron chi connectivity index (χ1n) is 6.13. The van der Waals surface area contributed by atoms with Gasteiger partial charge in [0.2, 0.25) is 0 Å². The van der Waals surface area contributed by atoms with Crippen LogP contribution in [0.1, 0.15) is 19.4 Å². The van der Waals surface area contributed by atoms with Gasteiger partial charge in [-0.2, -0.15) is 0 Å². The van der Waals surface area contributed by atoms with E-state index in [0.29, 0.717) is 5.75 Å². The molecule has 2 aromatic carbocycles. The van der Waals surface area contributed by atoms with Gasteiger partial charge in [-0.25, -0.2) is 0 Å². The van der Waals surface area contributed by atoms with Crippen molar-refractivity contribution in [3.8, 4) is 22.6 Å². The molecule has 2 heteroatoms. The molecule has 2 rings (SSSR count). The van der Waals surface area contributed by atoms with Gasteiger partial charge in [0.05, 0.1) is 6.10 Å². The topological polar surface area (TPSA) is 29.5 Å². The molecule has 18 heavy (non-hydrogen) atoms. The highest BCUT2D eigenvalue weighted by atomic mass is 16.5. The Morgan fingerprint density at radius 1 is 1.00 bits per heavy atom. The molecule has 0 saturated heterocycles. The van der Waals surface area contributed by atoms with Crippen LogP contribution in [0.4, 0.5) is 0 Å². The summed E-state index contributed by atoms with van der Waals surface area (Å²) < 4.78 is 5.61. The molecule has 0 aromatic heterocycles. The summed E-state index contributed by atoms with van der Waals surface area (Å²) in [6.45, 7) is 6.02. The zero-order chi connectivity index (χ0) is 13.1. The normalized spacial score (nSPS) is 10.7. The van der Waals surface area contributed by atoms with Crippen molar-refractivity contribution in [3.05, 3.63) is 48.0 Å². The third-order valence-corrected chi connectivity index (χ3v) is 2.75. The lowest BCUT2D eigenvalue weighted by atomic mass is 10.0. The molecule has 0 bridgehead atoms. The zero-order valence-electron chi connectivity index (χ0n) is 11.0. The van der Waals surface area contributed by atoms with Crippen molar-refractivity contribution in [1.82, 2.24) is 0 Å². The molecule has 0 fully saturated rings. The molecule has 0 radical (unpaired) electrons. The highest BCUT2D eigenvalue weighted by Crippen LogP contribution is 2.28. The molecule has 0 aliphatic carbocycles. The van der Waals surface area contributed by atoms with Crippen LogP contribution in [0, 0.1) is 6.92 Å². The van der Waals surface area contributed by atoms with Gasteiger partial charge < -0.3 is 9.84 Å². The first-order chi connectivity index (χ1) is 8.56. The van der Waals surface area contributed by atoms with Gasteiger partial charge in [-0.3, -0.25) is 0 Å². The summed E-state index contributed by atoms with van der Waals surface area (Å²) in [7, 11) is 0. The fourth-order valence-electron chi connectivity index (χ4n) is 1.96. The Balaban J connectivity index is 2.28. The molecule has 0 heterocycles. The summed E-state index contributed by atoms with van der Waals surface area (Å²) in [5.41, 5.74) is 3.32. The van der Waals surface area contributed by atoms with Crippen molar-refractivity contribution in [2.45, 2.75) is 26.9 Å². The number of aromatic hydroxyl groups is 1. The van der Waals surface area contributed by atoms with E-state index >= 15 is 0 Å². The minimum Gasteiger partial charge on any atom is -0.508 e. The van der Waals surface area contributed by atoms with Gasteiger partial charge >= 0.3 is 0 Å². The number of benzene rings is 2. The van der Waals surface area contributed by atoms with Crippen LogP contribution in [0.25, 0.3) is 11.1 Å². The number of ether oxygens (including phenoxy) is 1. The number of aryl methyl sites for hydroxylation is 1. The summed E-state index contributed by atoms with van der Waals surface area (Å²) in [5, 5.41) is 9.41. The molecule has 2 aromatic rings. The molecule has 0 unspecified atom stereocenters. The van der Waals surface area contributed by atoms with E-state index in [9.17, 15) is 5.11 Å². The van der Waals surface area contributed by atoms with Gasteiger partial charge in [0.15, 0.2) is 0 Å². The predicted octanol–water partition coefficient (Wildman–Crippen LogP) is 4.15. The van der Waals surface area contributed by atoms with E-state index in [1.165, 1.54) is 0 Å². The van der Waals surface area contributed by atoms with Crippen molar-refractivity contribution in [1.29, 1.82) is 0 Å². The lowest BCUT2D eigenvalue weighted by Crippen LogP contribution is -2.05. The van der Waals surface area contributed by atoms with Crippen molar-refractivity contribution in [2.75, 3.05) is 0 Å². The third-order valence-electron chi connectivity index (χ3n) is 2.75. The molecule has 0 aliphatic rings. The van der Waals surface area contributed by atoms with Gasteiger partial charge in [0.1, 0.15) is 11.5 Å². The van der Waals surface area contributed by atoms with E-state index in [1.807, 2.05) is 51.1 Å². The van der Waals surface area contributed by atoms with Crippen LogP contribution in [-0.2, 0) is 0 Å². The standard InChI is InChI=1S/C16H18O2/c1-11(2)18-15-7-4-13(5-8-15)16-9-6-14(17)10-12(16)3/h4-11,17H,1-3H3. The Hall–Kier alpha value is -1.96. The minimum atomic E-state index is 0.186. The Bertz CT molecular complexity index is 527. The Labute approximate surface area is 108 Å². The average molecular weight is 242 g/mol. The molecular weight excluding hydrogens is 224 g/mol. The number of hydrogen-bond acceptors (Lipinski definition) is 2. The van der Waals surface area contributed by atoms with Crippen molar-refractivity contribution in [2.24, 2.45) is 0 Å². The second kappa shape index (κ2) is 5.13. The molecular formula is C16H18O2. The van der Waals surface area contributed by atoms with Crippen LogP contribution in [0.15, 0.2) is 42.5 Å². The Morgan fingerprint density at radius 3 is 2.22 bits per heavy atom. The summed E-state index contributed by atoms with van der Waals surface area (Å²) >= 11 is 0. The smallest absolute Gasteiger partial charge is 0.119 e. The average Bonchev–Trinajstić information content (AvgIpc) is 2.30. The van der Waals surface area contributed by atoms with Gasteiger partial charge in [0.25, 0.3) is 0 Å². The predicted molar refractivity (Wildman–Crippen MR) is 74.0 cm³/mol. The van der Waals surface area contributed by atoms with Crippen LogP contribution in [0.3, 0.4) is 0 Å².